The Morgan fingerprint density at radius 1 is 1.30 bits per heavy atom. The van der Waals surface area contributed by atoms with E-state index in [4.69, 9.17) is 5.73 Å². The predicted molar refractivity (Wildman–Crippen MR) is 88.2 cm³/mol. The molecule has 3 heteroatoms. The maximum atomic E-state index is 5.68. The average molecular weight is 288 g/mol. The van der Waals surface area contributed by atoms with Crippen LogP contribution in [0.3, 0.4) is 0 Å². The molecule has 2 heterocycles. The minimum Gasteiger partial charge on any atom is -0.330 e. The van der Waals surface area contributed by atoms with Gasteiger partial charge < -0.3 is 5.73 Å². The molecule has 1 saturated heterocycles. The van der Waals surface area contributed by atoms with E-state index in [9.17, 15) is 0 Å². The first-order chi connectivity index (χ1) is 9.78. The van der Waals surface area contributed by atoms with Crippen LogP contribution in [0.2, 0.25) is 0 Å². The summed E-state index contributed by atoms with van der Waals surface area (Å²) in [5.74, 6) is 0.853. The lowest BCUT2D eigenvalue weighted by Gasteiger charge is -2.35. The molecule has 0 spiro atoms. The van der Waals surface area contributed by atoms with Gasteiger partial charge in [-0.2, -0.15) is 0 Å². The topological polar surface area (TPSA) is 29.3 Å². The Morgan fingerprint density at radius 3 is 2.75 bits per heavy atom. The largest absolute Gasteiger partial charge is 0.330 e. The monoisotopic (exact) mass is 288 g/mol. The second-order valence-corrected chi connectivity index (χ2v) is 7.03. The van der Waals surface area contributed by atoms with Crippen molar-refractivity contribution in [2.24, 2.45) is 11.7 Å². The van der Waals surface area contributed by atoms with Crippen molar-refractivity contribution in [3.8, 4) is 0 Å². The van der Waals surface area contributed by atoms with Crippen molar-refractivity contribution in [1.82, 2.24) is 4.90 Å². The Kier molecular flexibility index (Phi) is 4.39. The summed E-state index contributed by atoms with van der Waals surface area (Å²) in [5.41, 5.74) is 5.68. The number of hydrogen-bond acceptors (Lipinski definition) is 3. The second-order valence-electron chi connectivity index (χ2n) is 5.92. The van der Waals surface area contributed by atoms with Crippen LogP contribution in [-0.2, 0) is 0 Å². The number of fused-ring (bicyclic) bond motifs is 1. The van der Waals surface area contributed by atoms with Gasteiger partial charge in [0.25, 0.3) is 0 Å². The molecule has 0 saturated carbocycles. The van der Waals surface area contributed by atoms with Gasteiger partial charge in [0.1, 0.15) is 0 Å². The van der Waals surface area contributed by atoms with Crippen LogP contribution in [0.4, 0.5) is 0 Å². The van der Waals surface area contributed by atoms with E-state index in [1.54, 1.807) is 0 Å². The lowest BCUT2D eigenvalue weighted by atomic mass is 9.93. The van der Waals surface area contributed by atoms with Crippen molar-refractivity contribution in [2.75, 3.05) is 19.6 Å². The first-order valence-electron chi connectivity index (χ1n) is 7.70. The number of thiophene rings is 1. The molecule has 0 radical (unpaired) electrons. The van der Waals surface area contributed by atoms with E-state index >= 15 is 0 Å². The van der Waals surface area contributed by atoms with Crippen LogP contribution in [0.15, 0.2) is 30.3 Å². The minimum absolute atomic E-state index is 0.547. The predicted octanol–water partition coefficient (Wildman–Crippen LogP) is 4.02. The number of piperidine rings is 1. The van der Waals surface area contributed by atoms with E-state index < -0.39 is 0 Å². The molecular formula is C17H24N2S. The zero-order valence-electron chi connectivity index (χ0n) is 12.2. The first kappa shape index (κ1) is 14.1. The lowest BCUT2D eigenvalue weighted by Crippen LogP contribution is -2.35. The molecule has 1 atom stereocenters. The summed E-state index contributed by atoms with van der Waals surface area (Å²) < 4.78 is 1.41. The van der Waals surface area contributed by atoms with Crippen LogP contribution >= 0.6 is 11.3 Å². The highest BCUT2D eigenvalue weighted by Gasteiger charge is 2.24. The highest BCUT2D eigenvalue weighted by atomic mass is 32.1. The highest BCUT2D eigenvalue weighted by molar-refractivity contribution is 7.19. The van der Waals surface area contributed by atoms with Gasteiger partial charge in [-0.05, 0) is 69.3 Å². The van der Waals surface area contributed by atoms with E-state index in [1.165, 1.54) is 47.3 Å². The van der Waals surface area contributed by atoms with Gasteiger partial charge in [0.15, 0.2) is 0 Å². The summed E-state index contributed by atoms with van der Waals surface area (Å²) >= 11 is 1.95. The van der Waals surface area contributed by atoms with Crippen molar-refractivity contribution >= 4 is 21.4 Å². The third kappa shape index (κ3) is 2.90. The van der Waals surface area contributed by atoms with E-state index in [0.717, 1.165) is 12.5 Å². The van der Waals surface area contributed by atoms with Crippen molar-refractivity contribution in [3.05, 3.63) is 35.2 Å². The molecule has 20 heavy (non-hydrogen) atoms. The Hall–Kier alpha value is -0.900. The van der Waals surface area contributed by atoms with Crippen LogP contribution in [0.1, 0.15) is 37.1 Å². The zero-order chi connectivity index (χ0) is 13.9. The molecule has 1 fully saturated rings. The molecule has 0 aliphatic carbocycles. The minimum atomic E-state index is 0.547. The zero-order valence-corrected chi connectivity index (χ0v) is 13.0. The van der Waals surface area contributed by atoms with Gasteiger partial charge >= 0.3 is 0 Å². The summed E-state index contributed by atoms with van der Waals surface area (Å²) in [6.45, 7) is 5.64. The molecule has 1 aromatic heterocycles. The summed E-state index contributed by atoms with van der Waals surface area (Å²) in [4.78, 5) is 4.14. The summed E-state index contributed by atoms with van der Waals surface area (Å²) in [7, 11) is 0. The summed E-state index contributed by atoms with van der Waals surface area (Å²) in [6, 6.07) is 11.6. The highest BCUT2D eigenvalue weighted by Crippen LogP contribution is 2.34. The van der Waals surface area contributed by atoms with Crippen molar-refractivity contribution in [2.45, 2.75) is 32.2 Å². The van der Waals surface area contributed by atoms with Crippen molar-refractivity contribution in [1.29, 1.82) is 0 Å². The Morgan fingerprint density at radius 2 is 2.05 bits per heavy atom. The van der Waals surface area contributed by atoms with Crippen LogP contribution in [0.5, 0.6) is 0 Å². The molecule has 1 aliphatic rings. The first-order valence-corrected chi connectivity index (χ1v) is 8.52. The number of hydrogen-bond donors (Lipinski definition) is 1. The molecule has 0 amide bonds. The van der Waals surface area contributed by atoms with Crippen LogP contribution in [0.25, 0.3) is 10.1 Å². The molecule has 108 valence electrons. The summed E-state index contributed by atoms with van der Waals surface area (Å²) in [6.07, 6.45) is 3.82. The normalized spacial score (nSPS) is 19.5. The van der Waals surface area contributed by atoms with Gasteiger partial charge in [-0.15, -0.1) is 11.3 Å². The summed E-state index contributed by atoms with van der Waals surface area (Å²) in [5, 5.41) is 1.39. The van der Waals surface area contributed by atoms with E-state index in [1.807, 2.05) is 11.3 Å². The fourth-order valence-corrected chi connectivity index (χ4v) is 4.40. The Labute approximate surface area is 125 Å². The third-order valence-electron chi connectivity index (χ3n) is 4.63. The number of benzene rings is 1. The molecular weight excluding hydrogens is 264 g/mol. The van der Waals surface area contributed by atoms with Gasteiger partial charge in [-0.1, -0.05) is 18.2 Å². The lowest BCUT2D eigenvalue weighted by molar-refractivity contribution is 0.140. The van der Waals surface area contributed by atoms with E-state index in [-0.39, 0.29) is 0 Å². The Bertz CT molecular complexity index is 522. The number of nitrogens with zero attached hydrogens (tertiary/aromatic N) is 1. The van der Waals surface area contributed by atoms with Crippen LogP contribution in [0, 0.1) is 5.92 Å². The molecule has 0 bridgehead atoms. The maximum absolute atomic E-state index is 5.68. The fraction of sp³-hybridized carbons (Fsp3) is 0.529. The molecule has 3 rings (SSSR count). The van der Waals surface area contributed by atoms with Gasteiger partial charge in [-0.3, -0.25) is 4.90 Å². The third-order valence-corrected chi connectivity index (χ3v) is 5.91. The standard InChI is InChI=1S/C17H24N2S/c1-13(19-10-7-14(6-9-18)8-11-19)17-12-15-4-2-3-5-16(15)20-17/h2-5,12-14H,6-11,18H2,1H3. The molecule has 1 aromatic carbocycles. The SMILES string of the molecule is CC(c1cc2ccccc2s1)N1CCC(CCN)CC1. The molecule has 2 N–H and O–H groups in total. The second kappa shape index (κ2) is 6.25. The van der Waals surface area contributed by atoms with Crippen molar-refractivity contribution < 1.29 is 0 Å². The quantitative estimate of drug-likeness (QED) is 0.920. The molecule has 2 aromatic rings. The van der Waals surface area contributed by atoms with Gasteiger partial charge in [-0.25, -0.2) is 0 Å². The number of rotatable bonds is 4. The fourth-order valence-electron chi connectivity index (χ4n) is 3.25. The van der Waals surface area contributed by atoms with Gasteiger partial charge in [0, 0.05) is 15.6 Å². The average Bonchev–Trinajstić information content (AvgIpc) is 2.91. The van der Waals surface area contributed by atoms with Gasteiger partial charge in [0.2, 0.25) is 0 Å². The Balaban J connectivity index is 1.68. The molecule has 1 aliphatic heterocycles. The van der Waals surface area contributed by atoms with Crippen molar-refractivity contribution in [3.63, 3.8) is 0 Å². The van der Waals surface area contributed by atoms with Crippen LogP contribution in [-0.4, -0.2) is 24.5 Å². The van der Waals surface area contributed by atoms with E-state index in [0.29, 0.717) is 6.04 Å². The smallest absolute Gasteiger partial charge is 0.0413 e. The molecule has 1 unspecified atom stereocenters. The number of nitrogens with two attached hydrogens (primary N) is 1. The van der Waals surface area contributed by atoms with Gasteiger partial charge in [0.05, 0.1) is 0 Å². The van der Waals surface area contributed by atoms with Crippen LogP contribution < -0.4 is 5.73 Å². The van der Waals surface area contributed by atoms with E-state index in [2.05, 4.69) is 42.2 Å². The maximum Gasteiger partial charge on any atom is 0.0413 e. The number of likely N-dealkylation sites (tertiary alicyclic amines) is 1. The molecule has 2 nitrogen and oxygen atoms in total.